The molecule has 0 aromatic heterocycles. The van der Waals surface area contributed by atoms with Crippen molar-refractivity contribution < 1.29 is 27.9 Å². The van der Waals surface area contributed by atoms with E-state index in [-0.39, 0.29) is 22.6 Å². The normalized spacial score (nSPS) is 20.6. The highest BCUT2D eigenvalue weighted by Crippen LogP contribution is 2.53. The van der Waals surface area contributed by atoms with E-state index in [1.165, 1.54) is 43.3 Å². The molecule has 2 aromatic rings. The number of carbonyl (C=O) groups excluding carboxylic acids is 3. The Hall–Kier alpha value is -3.54. The fourth-order valence-electron chi connectivity index (χ4n) is 5.32. The van der Waals surface area contributed by atoms with Crippen LogP contribution < -0.4 is 4.90 Å². The van der Waals surface area contributed by atoms with Gasteiger partial charge in [-0.1, -0.05) is 37.3 Å². The monoisotopic (exact) mass is 554 g/mol. The highest BCUT2D eigenvalue weighted by Gasteiger charge is 2.66. The van der Waals surface area contributed by atoms with E-state index in [4.69, 9.17) is 0 Å². The zero-order chi connectivity index (χ0) is 28.7. The molecule has 0 bridgehead atoms. The van der Waals surface area contributed by atoms with E-state index in [0.717, 1.165) is 4.31 Å². The van der Waals surface area contributed by atoms with Gasteiger partial charge in [0.05, 0.1) is 16.2 Å². The number of nitrogens with zero attached hydrogens (tertiary/aromatic N) is 4. The highest BCUT2D eigenvalue weighted by molar-refractivity contribution is 7.89. The summed E-state index contributed by atoms with van der Waals surface area (Å²) in [6, 6.07) is 12.5. The number of hydrogen-bond donors (Lipinski definition) is 1. The number of amides is 2. The molecule has 0 saturated carbocycles. The fourth-order valence-corrected chi connectivity index (χ4v) is 6.26. The predicted octanol–water partition coefficient (Wildman–Crippen LogP) is 2.22. The lowest BCUT2D eigenvalue weighted by Crippen LogP contribution is -2.52. The Labute approximate surface area is 229 Å². The summed E-state index contributed by atoms with van der Waals surface area (Å²) in [5.41, 5.74) is -1.20. The van der Waals surface area contributed by atoms with Crippen molar-refractivity contribution in [1.29, 1.82) is 0 Å². The second kappa shape index (κ2) is 10.6. The Kier molecular flexibility index (Phi) is 7.70. The molecule has 2 aliphatic rings. The van der Waals surface area contributed by atoms with Crippen molar-refractivity contribution in [3.63, 3.8) is 0 Å². The molecular formula is C28H34N4O6S. The average molecular weight is 555 g/mol. The molecule has 2 amide bonds. The van der Waals surface area contributed by atoms with E-state index >= 15 is 0 Å². The van der Waals surface area contributed by atoms with Crippen LogP contribution in [0.4, 0.5) is 5.69 Å². The van der Waals surface area contributed by atoms with Crippen molar-refractivity contribution >= 4 is 39.1 Å². The number of hydrogen-bond acceptors (Lipinski definition) is 7. The van der Waals surface area contributed by atoms with Crippen molar-refractivity contribution in [3.05, 3.63) is 65.2 Å². The number of anilines is 1. The Bertz CT molecular complexity index is 1470. The minimum absolute atomic E-state index is 0.0165. The summed E-state index contributed by atoms with van der Waals surface area (Å²) in [5, 5.41) is 11.6. The van der Waals surface area contributed by atoms with Crippen LogP contribution in [0.2, 0.25) is 0 Å². The van der Waals surface area contributed by atoms with Crippen LogP contribution >= 0.6 is 0 Å². The molecule has 11 heteroatoms. The third-order valence-corrected chi connectivity index (χ3v) is 8.94. The van der Waals surface area contributed by atoms with Crippen LogP contribution in [0.15, 0.2) is 59.0 Å². The summed E-state index contributed by atoms with van der Waals surface area (Å²) in [6.07, 6.45) is 1.12. The first-order chi connectivity index (χ1) is 18.4. The lowest BCUT2D eigenvalue weighted by molar-refractivity contribution is -0.143. The van der Waals surface area contributed by atoms with Crippen molar-refractivity contribution in [1.82, 2.24) is 14.1 Å². The zero-order valence-corrected chi connectivity index (χ0v) is 23.7. The van der Waals surface area contributed by atoms with E-state index in [0.29, 0.717) is 37.2 Å². The van der Waals surface area contributed by atoms with Gasteiger partial charge in [-0.2, -0.15) is 0 Å². The first kappa shape index (κ1) is 28.5. The van der Waals surface area contributed by atoms with Crippen LogP contribution in [0.5, 0.6) is 0 Å². The summed E-state index contributed by atoms with van der Waals surface area (Å²) in [5.74, 6) is -2.96. The van der Waals surface area contributed by atoms with Crippen LogP contribution in [-0.2, 0) is 29.9 Å². The van der Waals surface area contributed by atoms with Gasteiger partial charge in [0.15, 0.2) is 5.54 Å². The molecule has 2 aliphatic heterocycles. The number of likely N-dealkylation sites (tertiary alicyclic amines) is 1. The minimum atomic E-state index is -3.86. The molecular weight excluding hydrogens is 520 g/mol. The Morgan fingerprint density at radius 2 is 1.67 bits per heavy atom. The van der Waals surface area contributed by atoms with E-state index in [9.17, 15) is 27.9 Å². The molecule has 39 heavy (non-hydrogen) atoms. The smallest absolute Gasteiger partial charge is 0.296 e. The summed E-state index contributed by atoms with van der Waals surface area (Å²) >= 11 is 0. The maximum Gasteiger partial charge on any atom is 0.296 e. The number of aliphatic hydroxyl groups excluding tert-OH is 1. The van der Waals surface area contributed by atoms with Crippen molar-refractivity contribution in [2.45, 2.75) is 30.2 Å². The van der Waals surface area contributed by atoms with Gasteiger partial charge in [0.25, 0.3) is 17.6 Å². The van der Waals surface area contributed by atoms with Crippen molar-refractivity contribution in [3.8, 4) is 0 Å². The van der Waals surface area contributed by atoms with E-state index in [1.807, 2.05) is 25.9 Å². The van der Waals surface area contributed by atoms with Gasteiger partial charge in [-0.3, -0.25) is 14.4 Å². The van der Waals surface area contributed by atoms with Gasteiger partial charge < -0.3 is 19.8 Å². The largest absolute Gasteiger partial charge is 0.507 e. The molecule has 2 heterocycles. The number of aliphatic hydroxyl groups is 1. The summed E-state index contributed by atoms with van der Waals surface area (Å²) in [7, 11) is 2.69. The molecule has 4 rings (SSSR count). The van der Waals surface area contributed by atoms with Crippen LogP contribution in [0.25, 0.3) is 5.76 Å². The molecule has 1 N–H and O–H groups in total. The molecule has 1 fully saturated rings. The quantitative estimate of drug-likeness (QED) is 0.287. The van der Waals surface area contributed by atoms with Crippen LogP contribution in [0, 0.1) is 0 Å². The maximum absolute atomic E-state index is 14.4. The first-order valence-electron chi connectivity index (χ1n) is 12.8. The zero-order valence-electron chi connectivity index (χ0n) is 22.8. The Morgan fingerprint density at radius 1 is 0.974 bits per heavy atom. The fraction of sp³-hybridized carbons (Fsp3) is 0.393. The standard InChI is InChI=1S/C28H34N4O6S/c1-6-15-31-22-14-8-7-13-21(22)28(27(31)36)23(25(34)26(35)32(28)17-10-16-29(2)3)24(33)19-11-9-12-20(18-19)39(37,38)30(4)5/h7-9,11-14,18,33H,6,10,15-17H2,1-5H3/t28-/m0/s1. The molecule has 0 unspecified atom stereocenters. The van der Waals surface area contributed by atoms with E-state index in [1.54, 1.807) is 29.2 Å². The predicted molar refractivity (Wildman–Crippen MR) is 148 cm³/mol. The number of sulfonamides is 1. The summed E-state index contributed by atoms with van der Waals surface area (Å²) < 4.78 is 26.6. The van der Waals surface area contributed by atoms with E-state index in [2.05, 4.69) is 0 Å². The van der Waals surface area contributed by atoms with Gasteiger partial charge in [-0.25, -0.2) is 12.7 Å². The lowest BCUT2D eigenvalue weighted by atomic mass is 9.82. The topological polar surface area (TPSA) is 119 Å². The number of carbonyl (C=O) groups is 3. The van der Waals surface area contributed by atoms with Crippen molar-refractivity contribution in [2.75, 3.05) is 52.7 Å². The SMILES string of the molecule is CCCN1C(=O)[C@@]2(C(=C(O)c3cccc(S(=O)(=O)N(C)C)c3)C(=O)C(=O)N2CCCN(C)C)c2ccccc21. The van der Waals surface area contributed by atoms with Gasteiger partial charge in [0.2, 0.25) is 10.0 Å². The third kappa shape index (κ3) is 4.44. The number of Topliss-reactive ketones (excluding diaryl/α,β-unsaturated/α-hetero) is 1. The molecule has 0 radical (unpaired) electrons. The summed E-state index contributed by atoms with van der Waals surface area (Å²) in [4.78, 5) is 46.3. The molecule has 1 saturated heterocycles. The number of rotatable bonds is 9. The molecule has 208 valence electrons. The van der Waals surface area contributed by atoms with E-state index < -0.39 is 38.9 Å². The van der Waals surface area contributed by atoms with Gasteiger partial charge in [-0.15, -0.1) is 0 Å². The Balaban J connectivity index is 2.01. The first-order valence-corrected chi connectivity index (χ1v) is 14.2. The number of para-hydroxylation sites is 1. The van der Waals surface area contributed by atoms with Crippen LogP contribution in [0.3, 0.4) is 0 Å². The average Bonchev–Trinajstić information content (AvgIpc) is 3.27. The van der Waals surface area contributed by atoms with Gasteiger partial charge in [0.1, 0.15) is 5.76 Å². The van der Waals surface area contributed by atoms with Crippen molar-refractivity contribution in [2.24, 2.45) is 0 Å². The lowest BCUT2D eigenvalue weighted by Gasteiger charge is -2.34. The second-order valence-corrected chi connectivity index (χ2v) is 12.3. The third-order valence-electron chi connectivity index (χ3n) is 7.13. The second-order valence-electron chi connectivity index (χ2n) is 10.2. The number of benzene rings is 2. The number of ketones is 1. The highest BCUT2D eigenvalue weighted by atomic mass is 32.2. The van der Waals surface area contributed by atoms with Gasteiger partial charge >= 0.3 is 0 Å². The van der Waals surface area contributed by atoms with Crippen LogP contribution in [0.1, 0.15) is 30.9 Å². The van der Waals surface area contributed by atoms with Crippen LogP contribution in [-0.4, -0.2) is 93.1 Å². The molecule has 0 aliphatic carbocycles. The molecule has 1 spiro atoms. The van der Waals surface area contributed by atoms with Gasteiger partial charge in [0, 0.05) is 38.3 Å². The molecule has 1 atom stereocenters. The minimum Gasteiger partial charge on any atom is -0.507 e. The maximum atomic E-state index is 14.4. The Morgan fingerprint density at radius 3 is 2.31 bits per heavy atom. The number of fused-ring (bicyclic) bond motifs is 2. The van der Waals surface area contributed by atoms with Gasteiger partial charge in [-0.05, 0) is 51.7 Å². The molecule has 2 aromatic carbocycles. The molecule has 10 nitrogen and oxygen atoms in total. The summed E-state index contributed by atoms with van der Waals surface area (Å²) in [6.45, 7) is 2.99.